The average Bonchev–Trinajstić information content (AvgIpc) is 2.69. The third-order valence-electron chi connectivity index (χ3n) is 4.54. The van der Waals surface area contributed by atoms with Gasteiger partial charge in [-0.25, -0.2) is 8.42 Å². The van der Waals surface area contributed by atoms with Crippen LogP contribution in [0.4, 0.5) is 5.69 Å². The maximum absolute atomic E-state index is 12.3. The van der Waals surface area contributed by atoms with Gasteiger partial charge in [-0.1, -0.05) is 33.3 Å². The summed E-state index contributed by atoms with van der Waals surface area (Å²) in [4.78, 5) is 10.7. The molecule has 1 aliphatic carbocycles. The molecule has 0 saturated carbocycles. The van der Waals surface area contributed by atoms with E-state index in [1.54, 1.807) is 12.1 Å². The van der Waals surface area contributed by atoms with Gasteiger partial charge in [0.1, 0.15) is 0 Å². The third-order valence-corrected chi connectivity index (χ3v) is 5.83. The summed E-state index contributed by atoms with van der Waals surface area (Å²) in [5.41, 5.74) is 1.57. The van der Waals surface area contributed by atoms with Crippen molar-refractivity contribution in [1.82, 2.24) is 4.31 Å². The van der Waals surface area contributed by atoms with Crippen molar-refractivity contribution >= 4 is 15.7 Å². The van der Waals surface area contributed by atoms with Gasteiger partial charge in [0.25, 0.3) is 5.69 Å². The van der Waals surface area contributed by atoms with Crippen molar-refractivity contribution in [3.63, 3.8) is 0 Å². The van der Waals surface area contributed by atoms with E-state index in [4.69, 9.17) is 0 Å². The summed E-state index contributed by atoms with van der Waals surface area (Å²) >= 11 is 0. The normalized spacial score (nSPS) is 19.8. The molecule has 128 valence electrons. The molecule has 0 aliphatic heterocycles. The lowest BCUT2D eigenvalue weighted by molar-refractivity contribution is -0.384. The minimum absolute atomic E-state index is 0.00962. The van der Waals surface area contributed by atoms with Crippen LogP contribution in [0.25, 0.3) is 0 Å². The number of sulfonamides is 1. The molecule has 0 amide bonds. The fraction of sp³-hybridized carbons (Fsp3) is 0.625. The van der Waals surface area contributed by atoms with Gasteiger partial charge in [0.05, 0.1) is 17.2 Å². The monoisotopic (exact) mass is 340 g/mol. The average molecular weight is 340 g/mol. The van der Waals surface area contributed by atoms with Crippen LogP contribution in [-0.4, -0.2) is 30.4 Å². The van der Waals surface area contributed by atoms with E-state index < -0.39 is 14.9 Å². The summed E-state index contributed by atoms with van der Waals surface area (Å²) in [5, 5.41) is 11.1. The Balaban J connectivity index is 2.53. The Morgan fingerprint density at radius 3 is 2.57 bits per heavy atom. The fourth-order valence-corrected chi connectivity index (χ4v) is 4.49. The lowest BCUT2D eigenvalue weighted by Gasteiger charge is -2.28. The van der Waals surface area contributed by atoms with Crippen LogP contribution in [0.2, 0.25) is 0 Å². The molecular formula is C16H24N2O4S. The van der Waals surface area contributed by atoms with Crippen molar-refractivity contribution in [2.24, 2.45) is 0 Å². The molecule has 7 heteroatoms. The topological polar surface area (TPSA) is 80.5 Å². The van der Waals surface area contributed by atoms with Gasteiger partial charge in [0.15, 0.2) is 0 Å². The molecule has 0 bridgehead atoms. The van der Waals surface area contributed by atoms with E-state index in [1.807, 2.05) is 6.92 Å². The molecule has 6 nitrogen and oxygen atoms in total. The van der Waals surface area contributed by atoms with Crippen molar-refractivity contribution in [1.29, 1.82) is 0 Å². The second-order valence-electron chi connectivity index (χ2n) is 6.86. The van der Waals surface area contributed by atoms with E-state index in [9.17, 15) is 18.5 Å². The molecule has 2 rings (SSSR count). The van der Waals surface area contributed by atoms with E-state index in [2.05, 4.69) is 13.8 Å². The second-order valence-corrected chi connectivity index (χ2v) is 8.79. The smallest absolute Gasteiger partial charge is 0.258 e. The highest BCUT2D eigenvalue weighted by Gasteiger charge is 2.42. The maximum Gasteiger partial charge on any atom is 0.269 e. The molecule has 23 heavy (non-hydrogen) atoms. The van der Waals surface area contributed by atoms with Crippen LogP contribution < -0.4 is 0 Å². The zero-order valence-corrected chi connectivity index (χ0v) is 14.9. The van der Waals surface area contributed by atoms with Crippen LogP contribution in [0, 0.1) is 10.1 Å². The molecule has 0 spiro atoms. The number of hydrogen-bond donors (Lipinski definition) is 0. The number of fused-ring (bicyclic) bond motifs is 1. The molecule has 0 N–H and O–H groups in total. The predicted octanol–water partition coefficient (Wildman–Crippen LogP) is 3.38. The number of non-ortho nitro benzene ring substituents is 1. The predicted molar refractivity (Wildman–Crippen MR) is 89.9 cm³/mol. The number of nitro groups is 1. The zero-order chi connectivity index (χ0) is 17.4. The van der Waals surface area contributed by atoms with Crippen LogP contribution in [0.15, 0.2) is 18.2 Å². The molecule has 1 atom stereocenters. The molecule has 1 aromatic carbocycles. The third kappa shape index (κ3) is 3.55. The molecule has 0 saturated heterocycles. The molecule has 1 aromatic rings. The summed E-state index contributed by atoms with van der Waals surface area (Å²) in [6.45, 7) is 6.56. The largest absolute Gasteiger partial charge is 0.269 e. The Kier molecular flexibility index (Phi) is 4.82. The van der Waals surface area contributed by atoms with Gasteiger partial charge in [-0.2, -0.15) is 4.31 Å². The lowest BCUT2D eigenvalue weighted by Crippen LogP contribution is -2.34. The first-order valence-corrected chi connectivity index (χ1v) is 9.68. The summed E-state index contributed by atoms with van der Waals surface area (Å²) in [6.07, 6.45) is 3.52. The first-order valence-electron chi connectivity index (χ1n) is 7.83. The van der Waals surface area contributed by atoms with Crippen LogP contribution >= 0.6 is 0 Å². The molecule has 0 fully saturated rings. The Morgan fingerprint density at radius 2 is 2.04 bits per heavy atom. The summed E-state index contributed by atoms with van der Waals surface area (Å²) in [5.74, 6) is 0. The van der Waals surface area contributed by atoms with Crippen molar-refractivity contribution in [3.05, 3.63) is 39.4 Å². The van der Waals surface area contributed by atoms with Crippen LogP contribution in [0.1, 0.15) is 57.2 Å². The SMILES string of the molecule is CCCCN(C1CC(C)(C)c2ccc([N+](=O)[O-])cc21)S(C)(=O)=O. The molecule has 1 aliphatic rings. The molecule has 1 unspecified atom stereocenters. The van der Waals surface area contributed by atoms with E-state index in [-0.39, 0.29) is 17.1 Å². The summed E-state index contributed by atoms with van der Waals surface area (Å²) in [6, 6.07) is 4.48. The Hall–Kier alpha value is -1.47. The molecule has 0 radical (unpaired) electrons. The van der Waals surface area contributed by atoms with Gasteiger partial charge in [-0.15, -0.1) is 0 Å². The van der Waals surface area contributed by atoms with E-state index >= 15 is 0 Å². The Morgan fingerprint density at radius 1 is 1.39 bits per heavy atom. The molecular weight excluding hydrogens is 316 g/mol. The quantitative estimate of drug-likeness (QED) is 0.587. The number of nitro benzene ring substituents is 1. The van der Waals surface area contributed by atoms with E-state index in [0.717, 1.165) is 24.0 Å². The van der Waals surface area contributed by atoms with Gasteiger partial charge in [-0.3, -0.25) is 10.1 Å². The highest BCUT2D eigenvalue weighted by molar-refractivity contribution is 7.88. The van der Waals surface area contributed by atoms with Gasteiger partial charge < -0.3 is 0 Å². The number of unbranched alkanes of at least 4 members (excludes halogenated alkanes) is 1. The first kappa shape index (κ1) is 17.9. The number of nitrogens with zero attached hydrogens (tertiary/aromatic N) is 2. The zero-order valence-electron chi connectivity index (χ0n) is 14.1. The second kappa shape index (κ2) is 6.20. The highest BCUT2D eigenvalue weighted by Crippen LogP contribution is 2.48. The van der Waals surface area contributed by atoms with Gasteiger partial charge in [-0.05, 0) is 29.4 Å². The van der Waals surface area contributed by atoms with E-state index in [1.165, 1.54) is 16.6 Å². The minimum atomic E-state index is -3.38. The first-order chi connectivity index (χ1) is 10.6. The van der Waals surface area contributed by atoms with Gasteiger partial charge in [0, 0.05) is 18.7 Å². The van der Waals surface area contributed by atoms with Crippen molar-refractivity contribution in [3.8, 4) is 0 Å². The van der Waals surface area contributed by atoms with Crippen molar-refractivity contribution < 1.29 is 13.3 Å². The standard InChI is InChI=1S/C16H24N2O4S/c1-5-6-9-17(23(4,21)22)15-11-16(2,3)14-8-7-12(18(19)20)10-13(14)15/h7-8,10,15H,5-6,9,11H2,1-4H3. The van der Waals surface area contributed by atoms with Crippen molar-refractivity contribution in [2.45, 2.75) is 51.5 Å². The van der Waals surface area contributed by atoms with Gasteiger partial charge >= 0.3 is 0 Å². The Bertz CT molecular complexity index is 713. The van der Waals surface area contributed by atoms with Crippen molar-refractivity contribution in [2.75, 3.05) is 12.8 Å². The molecule has 0 aromatic heterocycles. The van der Waals surface area contributed by atoms with Crippen LogP contribution in [0.3, 0.4) is 0 Å². The Labute approximate surface area is 137 Å². The van der Waals surface area contributed by atoms with E-state index in [0.29, 0.717) is 13.0 Å². The summed E-state index contributed by atoms with van der Waals surface area (Å²) in [7, 11) is -3.38. The number of hydrogen-bond acceptors (Lipinski definition) is 4. The van der Waals surface area contributed by atoms with Gasteiger partial charge in [0.2, 0.25) is 10.0 Å². The minimum Gasteiger partial charge on any atom is -0.258 e. The molecule has 0 heterocycles. The maximum atomic E-state index is 12.3. The van der Waals surface area contributed by atoms with Crippen LogP contribution in [-0.2, 0) is 15.4 Å². The number of benzene rings is 1. The van der Waals surface area contributed by atoms with Crippen LogP contribution in [0.5, 0.6) is 0 Å². The fourth-order valence-electron chi connectivity index (χ4n) is 3.38. The number of rotatable bonds is 6. The lowest BCUT2D eigenvalue weighted by atomic mass is 9.86. The summed E-state index contributed by atoms with van der Waals surface area (Å²) < 4.78 is 26.0. The highest BCUT2D eigenvalue weighted by atomic mass is 32.2.